The largest absolute Gasteiger partial charge is 0.465 e. The van der Waals surface area contributed by atoms with Crippen molar-refractivity contribution in [3.05, 3.63) is 72.8 Å². The van der Waals surface area contributed by atoms with Crippen LogP contribution in [0.3, 0.4) is 0 Å². The number of imidazole rings is 1. The number of primary amides is 1. The molecule has 4 aromatic rings. The highest BCUT2D eigenvalue weighted by atomic mass is 16.5. The smallest absolute Gasteiger partial charge is 0.402 e. The molecule has 2 aromatic carbocycles. The summed E-state index contributed by atoms with van der Waals surface area (Å²) in [5.74, 6) is 3.71. The Morgan fingerprint density at radius 1 is 1.00 bits per heavy atom. The van der Waals surface area contributed by atoms with Crippen molar-refractivity contribution in [1.82, 2.24) is 14.4 Å². The van der Waals surface area contributed by atoms with Gasteiger partial charge in [-0.1, -0.05) is 37.5 Å². The number of nitrogens with zero attached hydrogens (tertiary/aromatic N) is 3. The van der Waals surface area contributed by atoms with E-state index in [1.54, 1.807) is 6.20 Å². The Morgan fingerprint density at radius 3 is 2.30 bits per heavy atom. The first-order valence-corrected chi connectivity index (χ1v) is 11.0. The fourth-order valence-electron chi connectivity index (χ4n) is 4.24. The minimum atomic E-state index is -1.33. The Kier molecular flexibility index (Phi) is 6.73. The van der Waals surface area contributed by atoms with E-state index in [0.717, 1.165) is 34.1 Å². The zero-order valence-corrected chi connectivity index (χ0v) is 18.2. The minimum Gasteiger partial charge on any atom is -0.465 e. The number of rotatable bonds is 4. The molecule has 2 heterocycles. The molecule has 0 aliphatic heterocycles. The molecule has 5 rings (SSSR count). The number of hydrogen-bond acceptors (Lipinski definition) is 5. The molecule has 8 nitrogen and oxygen atoms in total. The number of ether oxygens (including phenoxy) is 1. The van der Waals surface area contributed by atoms with Gasteiger partial charge in [-0.15, -0.1) is 0 Å². The van der Waals surface area contributed by atoms with Gasteiger partial charge in [0.1, 0.15) is 34.4 Å². The van der Waals surface area contributed by atoms with Crippen molar-refractivity contribution >= 4 is 17.4 Å². The third-order valence-corrected chi connectivity index (χ3v) is 5.69. The van der Waals surface area contributed by atoms with Crippen molar-refractivity contribution < 1.29 is 14.6 Å². The number of para-hydroxylation sites is 1. The summed E-state index contributed by atoms with van der Waals surface area (Å²) >= 11 is 0. The SMILES string of the molecule is NC(=O)O.Nc1nccn2c(C3CCCCC3)nc(-c3ccc(Oc4ccccc4)cc3)c12. The molecular weight excluding hydrogens is 418 g/mol. The van der Waals surface area contributed by atoms with Gasteiger partial charge in [0.15, 0.2) is 0 Å². The van der Waals surface area contributed by atoms with Crippen molar-refractivity contribution in [2.24, 2.45) is 5.73 Å². The molecule has 0 bridgehead atoms. The lowest BCUT2D eigenvalue weighted by Crippen LogP contribution is -2.09. The number of amides is 1. The molecule has 1 aliphatic rings. The van der Waals surface area contributed by atoms with Crippen LogP contribution in [0, 0.1) is 0 Å². The summed E-state index contributed by atoms with van der Waals surface area (Å²) in [6.07, 6.45) is 8.63. The van der Waals surface area contributed by atoms with Crippen LogP contribution in [0.1, 0.15) is 43.8 Å². The van der Waals surface area contributed by atoms with Crippen LogP contribution in [0.4, 0.5) is 10.6 Å². The van der Waals surface area contributed by atoms with Crippen LogP contribution in [0.15, 0.2) is 67.0 Å². The van der Waals surface area contributed by atoms with Crippen LogP contribution in [-0.2, 0) is 0 Å². The van der Waals surface area contributed by atoms with E-state index in [1.165, 1.54) is 32.1 Å². The predicted octanol–water partition coefficient (Wildman–Crippen LogP) is 5.44. The van der Waals surface area contributed by atoms with Gasteiger partial charge in [-0.2, -0.15) is 0 Å². The molecule has 1 fully saturated rings. The molecule has 0 unspecified atom stereocenters. The summed E-state index contributed by atoms with van der Waals surface area (Å²) in [5.41, 5.74) is 13.1. The third kappa shape index (κ3) is 5.23. The fourth-order valence-corrected chi connectivity index (χ4v) is 4.24. The highest BCUT2D eigenvalue weighted by molar-refractivity contribution is 5.85. The number of nitrogens with two attached hydrogens (primary N) is 2. The number of carbonyl (C=O) groups is 1. The zero-order chi connectivity index (χ0) is 23.2. The van der Waals surface area contributed by atoms with E-state index >= 15 is 0 Å². The molecule has 8 heteroatoms. The first-order chi connectivity index (χ1) is 16.0. The van der Waals surface area contributed by atoms with E-state index in [2.05, 4.69) is 15.1 Å². The second-order valence-corrected chi connectivity index (χ2v) is 7.96. The summed E-state index contributed by atoms with van der Waals surface area (Å²) in [5, 5.41) is 7.19. The lowest BCUT2D eigenvalue weighted by Gasteiger charge is -2.20. The van der Waals surface area contributed by atoms with Gasteiger partial charge in [0.25, 0.3) is 0 Å². The number of carboxylic acid groups (broad SMARTS) is 1. The number of anilines is 1. The third-order valence-electron chi connectivity index (χ3n) is 5.69. The second kappa shape index (κ2) is 10.0. The van der Waals surface area contributed by atoms with Gasteiger partial charge < -0.3 is 21.3 Å². The number of aromatic nitrogens is 3. The van der Waals surface area contributed by atoms with Crippen LogP contribution in [0.5, 0.6) is 11.5 Å². The van der Waals surface area contributed by atoms with Crippen molar-refractivity contribution in [3.8, 4) is 22.8 Å². The van der Waals surface area contributed by atoms with Crippen molar-refractivity contribution in [2.45, 2.75) is 38.0 Å². The molecule has 0 spiro atoms. The Labute approximate surface area is 191 Å². The van der Waals surface area contributed by atoms with E-state index in [-0.39, 0.29) is 0 Å². The maximum absolute atomic E-state index is 8.78. The van der Waals surface area contributed by atoms with Crippen molar-refractivity contribution in [2.75, 3.05) is 5.73 Å². The van der Waals surface area contributed by atoms with Gasteiger partial charge >= 0.3 is 6.09 Å². The molecule has 0 saturated heterocycles. The average molecular weight is 446 g/mol. The topological polar surface area (TPSA) is 129 Å². The fraction of sp³-hybridized carbons (Fsp3) is 0.240. The van der Waals surface area contributed by atoms with Gasteiger partial charge in [0, 0.05) is 23.9 Å². The zero-order valence-electron chi connectivity index (χ0n) is 18.2. The molecule has 2 aromatic heterocycles. The van der Waals surface area contributed by atoms with Crippen LogP contribution in [-0.4, -0.2) is 25.6 Å². The van der Waals surface area contributed by atoms with E-state index < -0.39 is 6.09 Å². The molecule has 33 heavy (non-hydrogen) atoms. The van der Waals surface area contributed by atoms with Crippen molar-refractivity contribution in [3.63, 3.8) is 0 Å². The van der Waals surface area contributed by atoms with Crippen LogP contribution in [0.2, 0.25) is 0 Å². The van der Waals surface area contributed by atoms with E-state index in [4.69, 9.17) is 25.4 Å². The number of benzene rings is 2. The second-order valence-electron chi connectivity index (χ2n) is 7.96. The summed E-state index contributed by atoms with van der Waals surface area (Å²) in [6, 6.07) is 17.8. The van der Waals surface area contributed by atoms with E-state index in [9.17, 15) is 0 Å². The van der Waals surface area contributed by atoms with Gasteiger partial charge in [0.2, 0.25) is 0 Å². The summed E-state index contributed by atoms with van der Waals surface area (Å²) in [6.45, 7) is 0. The molecule has 1 aliphatic carbocycles. The molecule has 1 amide bonds. The van der Waals surface area contributed by atoms with Crippen LogP contribution in [0.25, 0.3) is 16.8 Å². The lowest BCUT2D eigenvalue weighted by molar-refractivity contribution is 0.205. The quantitative estimate of drug-likeness (QED) is 0.383. The van der Waals surface area contributed by atoms with Gasteiger partial charge in [-0.25, -0.2) is 14.8 Å². The summed E-state index contributed by atoms with van der Waals surface area (Å²) in [7, 11) is 0. The predicted molar refractivity (Wildman–Crippen MR) is 127 cm³/mol. The van der Waals surface area contributed by atoms with Crippen LogP contribution >= 0.6 is 0 Å². The lowest BCUT2D eigenvalue weighted by atomic mass is 9.89. The summed E-state index contributed by atoms with van der Waals surface area (Å²) in [4.78, 5) is 18.2. The molecular formula is C25H27N5O3. The van der Waals surface area contributed by atoms with E-state index in [1.807, 2.05) is 60.8 Å². The first kappa shape index (κ1) is 22.1. The van der Waals surface area contributed by atoms with Gasteiger partial charge in [-0.05, 0) is 49.2 Å². The van der Waals surface area contributed by atoms with E-state index in [0.29, 0.717) is 11.7 Å². The summed E-state index contributed by atoms with van der Waals surface area (Å²) < 4.78 is 8.06. The van der Waals surface area contributed by atoms with Crippen molar-refractivity contribution in [1.29, 1.82) is 0 Å². The molecule has 0 atom stereocenters. The minimum absolute atomic E-state index is 0.479. The Bertz CT molecular complexity index is 1210. The highest BCUT2D eigenvalue weighted by Gasteiger charge is 2.24. The average Bonchev–Trinajstić information content (AvgIpc) is 3.22. The Hall–Kier alpha value is -4.07. The maximum atomic E-state index is 8.78. The maximum Gasteiger partial charge on any atom is 0.402 e. The first-order valence-electron chi connectivity index (χ1n) is 11.0. The Morgan fingerprint density at radius 2 is 1.64 bits per heavy atom. The molecule has 1 saturated carbocycles. The normalized spacial score (nSPS) is 13.8. The molecule has 0 radical (unpaired) electrons. The molecule has 170 valence electrons. The van der Waals surface area contributed by atoms with Crippen LogP contribution < -0.4 is 16.2 Å². The van der Waals surface area contributed by atoms with Gasteiger partial charge in [-0.3, -0.25) is 4.40 Å². The number of hydrogen-bond donors (Lipinski definition) is 3. The monoisotopic (exact) mass is 445 g/mol. The standard InChI is InChI=1S/C24H24N4O.CH3NO2/c25-23-22-21(17-11-13-20(14-12-17)29-19-9-5-2-6-10-19)27-24(28(22)16-15-26-23)18-7-3-1-4-8-18;2-1(3)4/h2,5-6,9-16,18H,1,3-4,7-8H2,(H2,25,26);2H2,(H,3,4). The Balaban J connectivity index is 0.000000601. The highest BCUT2D eigenvalue weighted by Crippen LogP contribution is 2.37. The molecule has 5 N–H and O–H groups in total. The number of nitrogen functional groups attached to an aromatic ring is 1. The number of fused-ring (bicyclic) bond motifs is 1. The van der Waals surface area contributed by atoms with Gasteiger partial charge in [0.05, 0.1) is 0 Å².